The monoisotopic (exact) mass is 403 g/mol. The molecule has 30 heavy (non-hydrogen) atoms. The van der Waals surface area contributed by atoms with E-state index in [-0.39, 0.29) is 46.6 Å². The summed E-state index contributed by atoms with van der Waals surface area (Å²) in [4.78, 5) is 36.6. The molecule has 1 aromatic heterocycles. The summed E-state index contributed by atoms with van der Waals surface area (Å²) in [5.41, 5.74) is 0.434. The lowest BCUT2D eigenvalue weighted by Crippen LogP contribution is -2.30. The third kappa shape index (κ3) is 2.13. The van der Waals surface area contributed by atoms with Crippen LogP contribution in [-0.2, 0) is 9.59 Å². The Bertz CT molecular complexity index is 1140. The van der Waals surface area contributed by atoms with Crippen LogP contribution in [0.5, 0.6) is 0 Å². The minimum absolute atomic E-state index is 0.0648. The number of allylic oxidation sites excluding steroid dienone is 2. The summed E-state index contributed by atoms with van der Waals surface area (Å²) in [5, 5.41) is 16.3. The topological polar surface area (TPSA) is 106 Å². The maximum Gasteiger partial charge on any atom is 0.280 e. The Labute approximate surface area is 171 Å². The molecule has 2 aromatic rings. The number of furan rings is 1. The largest absolute Gasteiger partial charge is 0.455 e. The van der Waals surface area contributed by atoms with Crippen LogP contribution in [0.4, 0.5) is 5.69 Å². The Morgan fingerprint density at radius 3 is 2.37 bits per heavy atom. The second-order valence-electron chi connectivity index (χ2n) is 8.43. The average Bonchev–Trinajstić information content (AvgIpc) is 3.03. The number of nitro groups is 1. The molecule has 6 rings (SSSR count). The quantitative estimate of drug-likeness (QED) is 0.256. The maximum absolute atomic E-state index is 12.9. The molecule has 3 fully saturated rings. The van der Waals surface area contributed by atoms with Crippen molar-refractivity contribution < 1.29 is 18.9 Å². The van der Waals surface area contributed by atoms with Crippen LogP contribution in [0, 0.1) is 39.2 Å². The van der Waals surface area contributed by atoms with Gasteiger partial charge in [-0.05, 0) is 48.3 Å². The van der Waals surface area contributed by atoms with Crippen LogP contribution in [0.15, 0.2) is 58.1 Å². The van der Waals surface area contributed by atoms with Crippen LogP contribution < -0.4 is 0 Å². The molecule has 0 radical (unpaired) electrons. The number of imide groups is 1. The van der Waals surface area contributed by atoms with E-state index in [1.54, 1.807) is 30.3 Å². The molecular weight excluding hydrogens is 386 g/mol. The minimum Gasteiger partial charge on any atom is -0.455 e. The number of carbonyl (C=O) groups excluding carboxylic acids is 2. The number of amides is 2. The van der Waals surface area contributed by atoms with Crippen LogP contribution in [0.25, 0.3) is 11.3 Å². The SMILES string of the molecule is O=C1[C@@H]2[C@H](C(=O)N1/N=C\c1ccc(-c3ccccc3[N+](=O)[O-])o1)[C@H]1C=C[C@H]2C12CC2. The Balaban J connectivity index is 1.25. The van der Waals surface area contributed by atoms with Crippen molar-refractivity contribution in [1.82, 2.24) is 5.01 Å². The lowest BCUT2D eigenvalue weighted by atomic mass is 9.85. The average molecular weight is 403 g/mol. The van der Waals surface area contributed by atoms with Gasteiger partial charge in [0.15, 0.2) is 0 Å². The first-order chi connectivity index (χ1) is 14.5. The third-order valence-corrected chi connectivity index (χ3v) is 7.12. The second kappa shape index (κ2) is 5.75. The highest BCUT2D eigenvalue weighted by Crippen LogP contribution is 2.73. The Hall–Kier alpha value is -3.55. The van der Waals surface area contributed by atoms with Gasteiger partial charge in [-0.15, -0.1) is 0 Å². The highest BCUT2D eigenvalue weighted by molar-refractivity contribution is 6.07. The number of carbonyl (C=O) groups is 2. The predicted molar refractivity (Wildman–Crippen MR) is 105 cm³/mol. The van der Waals surface area contributed by atoms with E-state index in [2.05, 4.69) is 17.3 Å². The molecule has 2 amide bonds. The summed E-state index contributed by atoms with van der Waals surface area (Å²) < 4.78 is 5.67. The summed E-state index contributed by atoms with van der Waals surface area (Å²) in [5.74, 6) is -0.156. The van der Waals surface area contributed by atoms with Gasteiger partial charge in [-0.25, -0.2) is 0 Å². The van der Waals surface area contributed by atoms with Crippen LogP contribution in [0.3, 0.4) is 0 Å². The van der Waals surface area contributed by atoms with Gasteiger partial charge in [0.25, 0.3) is 17.5 Å². The van der Waals surface area contributed by atoms with Crippen molar-refractivity contribution in [3.8, 4) is 11.3 Å². The Morgan fingerprint density at radius 1 is 1.07 bits per heavy atom. The molecule has 8 heteroatoms. The first-order valence-electron chi connectivity index (χ1n) is 9.95. The van der Waals surface area contributed by atoms with Gasteiger partial charge in [-0.2, -0.15) is 10.1 Å². The van der Waals surface area contributed by atoms with Gasteiger partial charge < -0.3 is 4.42 Å². The molecule has 0 unspecified atom stereocenters. The lowest BCUT2D eigenvalue weighted by Gasteiger charge is -2.18. The molecule has 8 nitrogen and oxygen atoms in total. The van der Waals surface area contributed by atoms with E-state index in [1.807, 2.05) is 0 Å². The van der Waals surface area contributed by atoms with E-state index in [1.165, 1.54) is 12.3 Å². The molecule has 4 atom stereocenters. The molecule has 2 saturated carbocycles. The van der Waals surface area contributed by atoms with Gasteiger partial charge in [-0.1, -0.05) is 24.3 Å². The third-order valence-electron chi connectivity index (χ3n) is 7.12. The smallest absolute Gasteiger partial charge is 0.280 e. The van der Waals surface area contributed by atoms with Crippen molar-refractivity contribution in [1.29, 1.82) is 0 Å². The molecule has 1 aromatic carbocycles. The number of nitro benzene ring substituents is 1. The van der Waals surface area contributed by atoms with Crippen LogP contribution in [-0.4, -0.2) is 28.0 Å². The number of rotatable bonds is 4. The number of fused-ring (bicyclic) bond motifs is 3. The van der Waals surface area contributed by atoms with Gasteiger partial charge in [0, 0.05) is 6.07 Å². The van der Waals surface area contributed by atoms with Crippen molar-refractivity contribution in [2.45, 2.75) is 12.8 Å². The Kier molecular flexibility index (Phi) is 3.32. The molecule has 4 aliphatic rings. The van der Waals surface area contributed by atoms with Gasteiger partial charge in [0.2, 0.25) is 0 Å². The van der Waals surface area contributed by atoms with E-state index in [4.69, 9.17) is 4.42 Å². The lowest BCUT2D eigenvalue weighted by molar-refractivity contribution is -0.384. The zero-order chi connectivity index (χ0) is 20.6. The fourth-order valence-electron chi connectivity index (χ4n) is 5.70. The van der Waals surface area contributed by atoms with Gasteiger partial charge in [0.05, 0.1) is 28.5 Å². The van der Waals surface area contributed by atoms with E-state index >= 15 is 0 Å². The summed E-state index contributed by atoms with van der Waals surface area (Å²) in [6, 6.07) is 9.49. The van der Waals surface area contributed by atoms with Crippen molar-refractivity contribution in [2.75, 3.05) is 0 Å². The highest BCUT2D eigenvalue weighted by Gasteiger charge is 2.73. The molecule has 2 heterocycles. The summed E-state index contributed by atoms with van der Waals surface area (Å²) >= 11 is 0. The van der Waals surface area contributed by atoms with Gasteiger partial charge in [0.1, 0.15) is 11.5 Å². The van der Waals surface area contributed by atoms with E-state index < -0.39 is 4.92 Å². The number of benzene rings is 1. The zero-order valence-electron chi connectivity index (χ0n) is 15.8. The fraction of sp³-hybridized carbons (Fsp3) is 0.318. The molecule has 3 aliphatic carbocycles. The molecule has 2 bridgehead atoms. The zero-order valence-corrected chi connectivity index (χ0v) is 15.8. The molecule has 1 spiro atoms. The number of para-hydroxylation sites is 1. The molecular formula is C22H17N3O5. The molecule has 150 valence electrons. The van der Waals surface area contributed by atoms with Crippen molar-refractivity contribution >= 4 is 23.7 Å². The van der Waals surface area contributed by atoms with E-state index in [0.717, 1.165) is 17.9 Å². The van der Waals surface area contributed by atoms with Crippen molar-refractivity contribution in [3.63, 3.8) is 0 Å². The van der Waals surface area contributed by atoms with Crippen LogP contribution in [0.1, 0.15) is 18.6 Å². The summed E-state index contributed by atoms with van der Waals surface area (Å²) in [7, 11) is 0. The number of hydrogen-bond donors (Lipinski definition) is 0. The summed E-state index contributed by atoms with van der Waals surface area (Å²) in [6.45, 7) is 0. The fourth-order valence-corrected chi connectivity index (χ4v) is 5.70. The second-order valence-corrected chi connectivity index (χ2v) is 8.43. The molecule has 0 N–H and O–H groups in total. The number of hydrogen-bond acceptors (Lipinski definition) is 6. The van der Waals surface area contributed by atoms with E-state index in [0.29, 0.717) is 17.1 Å². The van der Waals surface area contributed by atoms with Crippen LogP contribution in [0.2, 0.25) is 0 Å². The van der Waals surface area contributed by atoms with Gasteiger partial charge >= 0.3 is 0 Å². The van der Waals surface area contributed by atoms with Crippen molar-refractivity contribution in [2.24, 2.45) is 34.2 Å². The Morgan fingerprint density at radius 2 is 1.73 bits per heavy atom. The number of hydrazone groups is 1. The van der Waals surface area contributed by atoms with Crippen molar-refractivity contribution in [3.05, 3.63) is 64.4 Å². The summed E-state index contributed by atoms with van der Waals surface area (Å²) in [6.07, 6.45) is 7.73. The van der Waals surface area contributed by atoms with E-state index in [9.17, 15) is 19.7 Å². The van der Waals surface area contributed by atoms with Crippen LogP contribution >= 0.6 is 0 Å². The normalized spacial score (nSPS) is 30.1. The minimum atomic E-state index is -0.471. The molecule has 1 saturated heterocycles. The van der Waals surface area contributed by atoms with Gasteiger partial charge in [-0.3, -0.25) is 19.7 Å². The number of nitrogens with zero attached hydrogens (tertiary/aromatic N) is 3. The first-order valence-corrected chi connectivity index (χ1v) is 9.95. The predicted octanol–water partition coefficient (Wildman–Crippen LogP) is 3.39. The molecule has 1 aliphatic heterocycles. The first kappa shape index (κ1) is 17.3. The standard InChI is InChI=1S/C22H17N3O5/c26-20-18-14-6-7-15(22(14)9-10-22)19(18)21(27)24(20)23-11-12-5-8-17(30-12)13-3-1-2-4-16(13)25(28)29/h1-8,11,14-15,18-19H,9-10H2/b23-11-/t14-,15-,18-,19+/m1/s1. The highest BCUT2D eigenvalue weighted by atomic mass is 16.6. The maximum atomic E-state index is 12.9.